The van der Waals surface area contributed by atoms with E-state index in [1.807, 2.05) is 6.92 Å². The van der Waals surface area contributed by atoms with E-state index in [2.05, 4.69) is 0 Å². The Hall–Kier alpha value is -0.370. The largest absolute Gasteiger partial charge is 0.378 e. The van der Waals surface area contributed by atoms with Crippen molar-refractivity contribution >= 4 is 6.29 Å². The quantitative estimate of drug-likeness (QED) is 0.569. The number of hydrogen-bond acceptors (Lipinski definition) is 2. The van der Waals surface area contributed by atoms with E-state index in [-0.39, 0.29) is 5.92 Å². The number of hydrogen-bond donors (Lipinski definition) is 0. The molecule has 2 rings (SSSR count). The molecule has 0 N–H and O–H groups in total. The van der Waals surface area contributed by atoms with Crippen LogP contribution in [0.2, 0.25) is 0 Å². The van der Waals surface area contributed by atoms with Gasteiger partial charge >= 0.3 is 0 Å². The number of aldehydes is 1. The topological polar surface area (TPSA) is 26.3 Å². The van der Waals surface area contributed by atoms with Crippen LogP contribution in [0.3, 0.4) is 0 Å². The number of ether oxygens (including phenoxy) is 1. The molecule has 0 spiro atoms. The van der Waals surface area contributed by atoms with E-state index >= 15 is 0 Å². The summed E-state index contributed by atoms with van der Waals surface area (Å²) in [7, 11) is 0. The van der Waals surface area contributed by atoms with Crippen molar-refractivity contribution in [2.75, 3.05) is 6.61 Å². The monoisotopic (exact) mass is 280 g/mol. The van der Waals surface area contributed by atoms with Crippen LogP contribution >= 0.6 is 0 Å². The zero-order chi connectivity index (χ0) is 14.2. The molecule has 2 saturated carbocycles. The summed E-state index contributed by atoms with van der Waals surface area (Å²) < 4.78 is 5.93. The lowest BCUT2D eigenvalue weighted by molar-refractivity contribution is -0.111. The molecule has 0 heterocycles. The third kappa shape index (κ3) is 5.55. The molecule has 2 fully saturated rings. The lowest BCUT2D eigenvalue weighted by Crippen LogP contribution is -2.12. The maximum absolute atomic E-state index is 10.6. The van der Waals surface area contributed by atoms with Crippen molar-refractivity contribution in [3.63, 3.8) is 0 Å². The van der Waals surface area contributed by atoms with E-state index in [9.17, 15) is 4.79 Å². The van der Waals surface area contributed by atoms with Crippen LogP contribution < -0.4 is 0 Å². The van der Waals surface area contributed by atoms with Crippen LogP contribution in [0, 0.1) is 17.8 Å². The highest BCUT2D eigenvalue weighted by molar-refractivity contribution is 5.52. The molecule has 0 aromatic carbocycles. The van der Waals surface area contributed by atoms with Gasteiger partial charge in [0.15, 0.2) is 0 Å². The maximum Gasteiger partial charge on any atom is 0.122 e. The van der Waals surface area contributed by atoms with Crippen LogP contribution in [0.4, 0.5) is 0 Å². The Morgan fingerprint density at radius 1 is 1.10 bits per heavy atom. The molecular weight excluding hydrogens is 248 g/mol. The summed E-state index contributed by atoms with van der Waals surface area (Å²) in [4.78, 5) is 10.6. The molecule has 0 bridgehead atoms. The molecular formula is C18H32O2. The van der Waals surface area contributed by atoms with E-state index in [1.165, 1.54) is 64.2 Å². The van der Waals surface area contributed by atoms with Crippen LogP contribution in [-0.2, 0) is 9.53 Å². The van der Waals surface area contributed by atoms with Gasteiger partial charge in [-0.15, -0.1) is 0 Å². The Labute approximate surface area is 124 Å². The molecule has 0 amide bonds. The van der Waals surface area contributed by atoms with Crippen LogP contribution in [0.1, 0.15) is 77.6 Å². The third-order valence-electron chi connectivity index (χ3n) is 5.35. The van der Waals surface area contributed by atoms with Crippen molar-refractivity contribution < 1.29 is 9.53 Å². The minimum atomic E-state index is 0.151. The average Bonchev–Trinajstić information content (AvgIpc) is 3.10. The van der Waals surface area contributed by atoms with E-state index in [0.717, 1.165) is 31.1 Å². The van der Waals surface area contributed by atoms with Crippen molar-refractivity contribution in [1.29, 1.82) is 0 Å². The Bertz CT molecular complexity index is 271. The fraction of sp³-hybridized carbons (Fsp3) is 0.944. The molecule has 2 aliphatic carbocycles. The molecule has 3 unspecified atom stereocenters. The van der Waals surface area contributed by atoms with Crippen molar-refractivity contribution in [2.24, 2.45) is 17.8 Å². The first-order chi connectivity index (χ1) is 9.78. The van der Waals surface area contributed by atoms with Gasteiger partial charge in [-0.05, 0) is 37.5 Å². The van der Waals surface area contributed by atoms with Gasteiger partial charge in [-0.2, -0.15) is 0 Å². The maximum atomic E-state index is 10.6. The number of carbonyl (C=O) groups excluding carboxylic acids is 1. The van der Waals surface area contributed by atoms with Gasteiger partial charge in [-0.25, -0.2) is 0 Å². The molecule has 2 aliphatic rings. The molecule has 0 radical (unpaired) electrons. The fourth-order valence-corrected chi connectivity index (χ4v) is 3.93. The first-order valence-electron chi connectivity index (χ1n) is 8.84. The Kier molecular flexibility index (Phi) is 7.06. The van der Waals surface area contributed by atoms with Crippen LogP contribution in [-0.4, -0.2) is 19.0 Å². The van der Waals surface area contributed by atoms with Crippen LogP contribution in [0.5, 0.6) is 0 Å². The molecule has 0 aromatic heterocycles. The van der Waals surface area contributed by atoms with Gasteiger partial charge in [0, 0.05) is 12.5 Å². The van der Waals surface area contributed by atoms with E-state index in [0.29, 0.717) is 6.10 Å². The van der Waals surface area contributed by atoms with Crippen LogP contribution in [0.25, 0.3) is 0 Å². The molecule has 3 atom stereocenters. The first kappa shape index (κ1) is 16.0. The third-order valence-corrected chi connectivity index (χ3v) is 5.35. The second-order valence-electron chi connectivity index (χ2n) is 7.16. The summed E-state index contributed by atoms with van der Waals surface area (Å²) in [5.41, 5.74) is 0. The SMILES string of the molecule is CC(C=O)CCOC1CCC(CCCC2CCCC2)C1. The number of rotatable bonds is 9. The van der Waals surface area contributed by atoms with E-state index in [4.69, 9.17) is 4.74 Å². The lowest BCUT2D eigenvalue weighted by Gasteiger charge is -2.14. The Balaban J connectivity index is 1.50. The van der Waals surface area contributed by atoms with Crippen molar-refractivity contribution in [3.8, 4) is 0 Å². The van der Waals surface area contributed by atoms with E-state index in [1.54, 1.807) is 0 Å². The molecule has 2 nitrogen and oxygen atoms in total. The summed E-state index contributed by atoms with van der Waals surface area (Å²) in [6, 6.07) is 0. The van der Waals surface area contributed by atoms with Gasteiger partial charge in [0.2, 0.25) is 0 Å². The molecule has 0 aromatic rings. The normalized spacial score (nSPS) is 28.9. The van der Waals surface area contributed by atoms with Gasteiger partial charge in [-0.1, -0.05) is 51.9 Å². The van der Waals surface area contributed by atoms with Gasteiger partial charge < -0.3 is 9.53 Å². The highest BCUT2D eigenvalue weighted by atomic mass is 16.5. The van der Waals surface area contributed by atoms with Gasteiger partial charge in [0.05, 0.1) is 6.10 Å². The predicted octanol–water partition coefficient (Wildman–Crippen LogP) is 4.76. The standard InChI is InChI=1S/C18H32O2/c1-15(14-19)11-12-20-18-10-9-17(13-18)8-4-7-16-5-2-3-6-16/h14-18H,2-13H2,1H3. The van der Waals surface area contributed by atoms with Gasteiger partial charge in [0.25, 0.3) is 0 Å². The molecule has 20 heavy (non-hydrogen) atoms. The summed E-state index contributed by atoms with van der Waals surface area (Å²) in [6.07, 6.45) is 16.5. The Morgan fingerprint density at radius 3 is 2.60 bits per heavy atom. The van der Waals surface area contributed by atoms with Crippen molar-refractivity contribution in [1.82, 2.24) is 0 Å². The van der Waals surface area contributed by atoms with Gasteiger partial charge in [-0.3, -0.25) is 0 Å². The van der Waals surface area contributed by atoms with Gasteiger partial charge in [0.1, 0.15) is 6.29 Å². The predicted molar refractivity (Wildman–Crippen MR) is 82.7 cm³/mol. The lowest BCUT2D eigenvalue weighted by atomic mass is 9.95. The zero-order valence-electron chi connectivity index (χ0n) is 13.2. The first-order valence-corrected chi connectivity index (χ1v) is 8.84. The second-order valence-corrected chi connectivity index (χ2v) is 7.16. The summed E-state index contributed by atoms with van der Waals surface area (Å²) in [5.74, 6) is 2.11. The summed E-state index contributed by atoms with van der Waals surface area (Å²) >= 11 is 0. The van der Waals surface area contributed by atoms with Crippen molar-refractivity contribution in [3.05, 3.63) is 0 Å². The summed E-state index contributed by atoms with van der Waals surface area (Å²) in [5, 5.41) is 0. The number of carbonyl (C=O) groups is 1. The fourth-order valence-electron chi connectivity index (χ4n) is 3.93. The van der Waals surface area contributed by atoms with Crippen LogP contribution in [0.15, 0.2) is 0 Å². The zero-order valence-corrected chi connectivity index (χ0v) is 13.2. The molecule has 2 heteroatoms. The van der Waals surface area contributed by atoms with Crippen molar-refractivity contribution in [2.45, 2.75) is 83.7 Å². The minimum absolute atomic E-state index is 0.151. The Morgan fingerprint density at radius 2 is 1.85 bits per heavy atom. The van der Waals surface area contributed by atoms with E-state index < -0.39 is 0 Å². The molecule has 116 valence electrons. The summed E-state index contributed by atoms with van der Waals surface area (Å²) in [6.45, 7) is 2.73. The second kappa shape index (κ2) is 8.81. The minimum Gasteiger partial charge on any atom is -0.378 e. The molecule has 0 aliphatic heterocycles. The average molecular weight is 280 g/mol. The smallest absolute Gasteiger partial charge is 0.122 e. The molecule has 0 saturated heterocycles. The highest BCUT2D eigenvalue weighted by Crippen LogP contribution is 2.34. The highest BCUT2D eigenvalue weighted by Gasteiger charge is 2.25.